The summed E-state index contributed by atoms with van der Waals surface area (Å²) < 4.78 is 0. The number of carboxylic acids is 1. The molecule has 0 aromatic heterocycles. The summed E-state index contributed by atoms with van der Waals surface area (Å²) >= 11 is 0. The van der Waals surface area contributed by atoms with Crippen LogP contribution in [-0.4, -0.2) is 33.5 Å². The second kappa shape index (κ2) is 4.97. The lowest BCUT2D eigenvalue weighted by Gasteiger charge is -2.28. The molecular formula is C12H20O4. The average molecular weight is 228 g/mol. The van der Waals surface area contributed by atoms with Crippen LogP contribution in [0.25, 0.3) is 0 Å². The molecule has 4 heteroatoms. The van der Waals surface area contributed by atoms with Crippen LogP contribution < -0.4 is 0 Å². The summed E-state index contributed by atoms with van der Waals surface area (Å²) in [5, 5.41) is 27.9. The topological polar surface area (TPSA) is 77.8 Å². The Morgan fingerprint density at radius 2 is 2.12 bits per heavy atom. The third-order valence-electron chi connectivity index (χ3n) is 3.63. The minimum Gasteiger partial charge on any atom is -0.481 e. The molecule has 0 aliphatic heterocycles. The highest BCUT2D eigenvalue weighted by atomic mass is 16.4. The lowest BCUT2D eigenvalue weighted by molar-refractivity contribution is -0.137. The van der Waals surface area contributed by atoms with Crippen molar-refractivity contribution in [1.82, 2.24) is 0 Å². The van der Waals surface area contributed by atoms with E-state index in [0.29, 0.717) is 12.8 Å². The van der Waals surface area contributed by atoms with E-state index in [1.807, 2.05) is 0 Å². The third-order valence-corrected chi connectivity index (χ3v) is 3.63. The highest BCUT2D eigenvalue weighted by Gasteiger charge is 2.44. The van der Waals surface area contributed by atoms with E-state index < -0.39 is 11.6 Å². The Morgan fingerprint density at radius 3 is 2.62 bits per heavy atom. The molecule has 1 fully saturated rings. The van der Waals surface area contributed by atoms with Crippen molar-refractivity contribution < 1.29 is 20.1 Å². The van der Waals surface area contributed by atoms with E-state index in [0.717, 1.165) is 12.0 Å². The van der Waals surface area contributed by atoms with Gasteiger partial charge in [-0.3, -0.25) is 4.79 Å². The maximum atomic E-state index is 10.5. The van der Waals surface area contributed by atoms with Gasteiger partial charge in [-0.1, -0.05) is 12.2 Å². The van der Waals surface area contributed by atoms with E-state index >= 15 is 0 Å². The molecule has 3 unspecified atom stereocenters. The molecule has 1 rings (SSSR count). The molecule has 0 bridgehead atoms. The number of rotatable bonds is 5. The fourth-order valence-corrected chi connectivity index (χ4v) is 2.53. The number of hydrogen-bond acceptors (Lipinski definition) is 3. The lowest BCUT2D eigenvalue weighted by Crippen LogP contribution is -2.34. The summed E-state index contributed by atoms with van der Waals surface area (Å²) in [5.41, 5.74) is -0.0230. The highest BCUT2D eigenvalue weighted by molar-refractivity contribution is 5.67. The Labute approximate surface area is 95.6 Å². The molecule has 4 nitrogen and oxygen atoms in total. The first-order chi connectivity index (χ1) is 7.38. The van der Waals surface area contributed by atoms with Crippen LogP contribution in [0.5, 0.6) is 0 Å². The molecule has 0 saturated heterocycles. The Balaban J connectivity index is 2.60. The second-order valence-corrected chi connectivity index (χ2v) is 4.84. The maximum Gasteiger partial charge on any atom is 0.303 e. The lowest BCUT2D eigenvalue weighted by atomic mass is 9.83. The van der Waals surface area contributed by atoms with Gasteiger partial charge in [-0.25, -0.2) is 0 Å². The van der Waals surface area contributed by atoms with Crippen molar-refractivity contribution in [3.63, 3.8) is 0 Å². The van der Waals surface area contributed by atoms with Crippen molar-refractivity contribution in [2.75, 3.05) is 6.61 Å². The molecular weight excluding hydrogens is 208 g/mol. The number of aliphatic carboxylic acids is 1. The number of carboxylic acid groups (broad SMARTS) is 1. The predicted octanol–water partition coefficient (Wildman–Crippen LogP) is 1.18. The van der Waals surface area contributed by atoms with E-state index in [9.17, 15) is 15.0 Å². The van der Waals surface area contributed by atoms with Crippen LogP contribution in [0.15, 0.2) is 12.2 Å². The fourth-order valence-electron chi connectivity index (χ4n) is 2.53. The molecule has 3 atom stereocenters. The predicted molar refractivity (Wildman–Crippen MR) is 59.9 cm³/mol. The summed E-state index contributed by atoms with van der Waals surface area (Å²) in [6, 6.07) is 0. The van der Waals surface area contributed by atoms with Crippen molar-refractivity contribution >= 4 is 5.97 Å². The fraction of sp³-hybridized carbons (Fsp3) is 0.750. The highest BCUT2D eigenvalue weighted by Crippen LogP contribution is 2.43. The van der Waals surface area contributed by atoms with Gasteiger partial charge in [0, 0.05) is 18.9 Å². The molecule has 0 aromatic rings. The van der Waals surface area contributed by atoms with Crippen LogP contribution in [0.1, 0.15) is 32.6 Å². The summed E-state index contributed by atoms with van der Waals surface area (Å²) in [4.78, 5) is 10.5. The molecule has 0 amide bonds. The SMILES string of the molecule is C=C(CCC(=O)O)C1CCC(C)(O)C1CO. The van der Waals surface area contributed by atoms with Crippen molar-refractivity contribution in [3.8, 4) is 0 Å². The Bertz CT molecular complexity index is 283. The van der Waals surface area contributed by atoms with Gasteiger partial charge in [0.25, 0.3) is 0 Å². The summed E-state index contributed by atoms with van der Waals surface area (Å²) in [5.74, 6) is -1.01. The molecule has 92 valence electrons. The molecule has 1 aliphatic carbocycles. The first-order valence-corrected chi connectivity index (χ1v) is 5.61. The van der Waals surface area contributed by atoms with Crippen LogP contribution in [0.2, 0.25) is 0 Å². The van der Waals surface area contributed by atoms with E-state index in [-0.39, 0.29) is 24.9 Å². The number of aliphatic hydroxyl groups excluding tert-OH is 1. The maximum absolute atomic E-state index is 10.5. The summed E-state index contributed by atoms with van der Waals surface area (Å²) in [6.07, 6.45) is 1.90. The van der Waals surface area contributed by atoms with E-state index in [1.54, 1.807) is 6.92 Å². The van der Waals surface area contributed by atoms with Gasteiger partial charge in [0.15, 0.2) is 0 Å². The van der Waals surface area contributed by atoms with Crippen LogP contribution in [-0.2, 0) is 4.79 Å². The minimum absolute atomic E-state index is 0.0411. The van der Waals surface area contributed by atoms with Gasteiger partial charge >= 0.3 is 5.97 Å². The zero-order valence-corrected chi connectivity index (χ0v) is 9.65. The van der Waals surface area contributed by atoms with E-state index in [2.05, 4.69) is 6.58 Å². The quantitative estimate of drug-likeness (QED) is 0.617. The Kier molecular flexibility index (Phi) is 4.10. The van der Waals surface area contributed by atoms with E-state index in [1.165, 1.54) is 0 Å². The number of hydrogen-bond donors (Lipinski definition) is 3. The van der Waals surface area contributed by atoms with Crippen molar-refractivity contribution in [1.29, 1.82) is 0 Å². The smallest absolute Gasteiger partial charge is 0.303 e. The molecule has 0 aromatic carbocycles. The minimum atomic E-state index is -0.856. The van der Waals surface area contributed by atoms with Crippen LogP contribution in [0, 0.1) is 11.8 Å². The Hall–Kier alpha value is -0.870. The molecule has 1 aliphatic rings. The van der Waals surface area contributed by atoms with Gasteiger partial charge in [-0.15, -0.1) is 0 Å². The third kappa shape index (κ3) is 2.83. The standard InChI is InChI=1S/C12H20O4/c1-8(3-4-11(14)15)9-5-6-12(2,16)10(9)7-13/h9-10,13,16H,1,3-7H2,2H3,(H,14,15). The van der Waals surface area contributed by atoms with Crippen LogP contribution >= 0.6 is 0 Å². The van der Waals surface area contributed by atoms with Crippen molar-refractivity contribution in [2.24, 2.45) is 11.8 Å². The number of carbonyl (C=O) groups is 1. The zero-order valence-electron chi connectivity index (χ0n) is 9.65. The first kappa shape index (κ1) is 13.2. The molecule has 16 heavy (non-hydrogen) atoms. The zero-order chi connectivity index (χ0) is 12.3. The largest absolute Gasteiger partial charge is 0.481 e. The normalized spacial score (nSPS) is 33.9. The van der Waals surface area contributed by atoms with Gasteiger partial charge in [0.05, 0.1) is 5.60 Å². The summed E-state index contributed by atoms with van der Waals surface area (Å²) in [6.45, 7) is 5.53. The van der Waals surface area contributed by atoms with Gasteiger partial charge in [-0.05, 0) is 32.1 Å². The van der Waals surface area contributed by atoms with Crippen molar-refractivity contribution in [3.05, 3.63) is 12.2 Å². The van der Waals surface area contributed by atoms with E-state index in [4.69, 9.17) is 5.11 Å². The summed E-state index contributed by atoms with van der Waals surface area (Å²) in [7, 11) is 0. The monoisotopic (exact) mass is 228 g/mol. The molecule has 3 N–H and O–H groups in total. The second-order valence-electron chi connectivity index (χ2n) is 4.84. The number of aliphatic hydroxyl groups is 2. The molecule has 0 heterocycles. The van der Waals surface area contributed by atoms with Gasteiger partial charge in [-0.2, -0.15) is 0 Å². The number of allylic oxidation sites excluding steroid dienone is 1. The van der Waals surface area contributed by atoms with Crippen LogP contribution in [0.3, 0.4) is 0 Å². The molecule has 0 spiro atoms. The van der Waals surface area contributed by atoms with Gasteiger partial charge < -0.3 is 15.3 Å². The molecule has 1 saturated carbocycles. The molecule has 0 radical (unpaired) electrons. The van der Waals surface area contributed by atoms with Gasteiger partial charge in [0.2, 0.25) is 0 Å². The average Bonchev–Trinajstić information content (AvgIpc) is 2.49. The van der Waals surface area contributed by atoms with Gasteiger partial charge in [0.1, 0.15) is 0 Å². The van der Waals surface area contributed by atoms with Crippen molar-refractivity contribution in [2.45, 2.75) is 38.2 Å². The Morgan fingerprint density at radius 1 is 1.50 bits per heavy atom. The first-order valence-electron chi connectivity index (χ1n) is 5.61. The van der Waals surface area contributed by atoms with Crippen LogP contribution in [0.4, 0.5) is 0 Å².